The number of para-hydroxylation sites is 1. The highest BCUT2D eigenvalue weighted by Gasteiger charge is 2.36. The number of halogens is 2. The fraction of sp³-hybridized carbons (Fsp3) is 0.214. The minimum atomic E-state index is -0.724. The summed E-state index contributed by atoms with van der Waals surface area (Å²) in [7, 11) is 0. The average molecular weight is 554 g/mol. The van der Waals surface area contributed by atoms with Crippen LogP contribution in [-0.2, 0) is 20.7 Å². The lowest BCUT2D eigenvalue weighted by molar-refractivity contribution is -0.129. The Morgan fingerprint density at radius 2 is 1.82 bits per heavy atom. The highest BCUT2D eigenvalue weighted by Crippen LogP contribution is 2.31. The molecule has 0 aliphatic carbocycles. The molecule has 1 saturated heterocycles. The number of benzene rings is 3. The molecule has 10 heteroatoms. The summed E-state index contributed by atoms with van der Waals surface area (Å²) in [6.07, 6.45) is 0.453. The zero-order valence-corrected chi connectivity index (χ0v) is 22.1. The topological polar surface area (TPSA) is 88.1 Å². The predicted molar refractivity (Wildman–Crippen MR) is 147 cm³/mol. The van der Waals surface area contributed by atoms with Gasteiger partial charge in [-0.25, -0.2) is 14.2 Å². The molecule has 1 fully saturated rings. The number of amides is 2. The summed E-state index contributed by atoms with van der Waals surface area (Å²) in [6, 6.07) is 19.4. The van der Waals surface area contributed by atoms with Crippen molar-refractivity contribution >= 4 is 57.7 Å². The normalized spacial score (nSPS) is 16.4. The van der Waals surface area contributed by atoms with Crippen LogP contribution in [-0.4, -0.2) is 46.3 Å². The van der Waals surface area contributed by atoms with Gasteiger partial charge < -0.3 is 10.1 Å². The third-order valence-electron chi connectivity index (χ3n) is 5.70. The average Bonchev–Trinajstić information content (AvgIpc) is 2.91. The maximum atomic E-state index is 13.3. The number of thioether (sulfide) groups is 1. The van der Waals surface area contributed by atoms with Crippen molar-refractivity contribution in [2.75, 3.05) is 18.5 Å². The van der Waals surface area contributed by atoms with E-state index < -0.39 is 11.2 Å². The Bertz CT molecular complexity index is 1350. The van der Waals surface area contributed by atoms with Gasteiger partial charge in [0.25, 0.3) is 0 Å². The van der Waals surface area contributed by atoms with E-state index >= 15 is 0 Å². The molecule has 3 aromatic rings. The molecule has 2 amide bonds. The molecule has 0 saturated carbocycles. The summed E-state index contributed by atoms with van der Waals surface area (Å²) in [5, 5.41) is 2.81. The third kappa shape index (κ3) is 6.99. The Hall–Kier alpha value is -3.69. The van der Waals surface area contributed by atoms with Crippen LogP contribution in [0.15, 0.2) is 77.8 Å². The van der Waals surface area contributed by atoms with Crippen LogP contribution >= 0.6 is 23.4 Å². The highest BCUT2D eigenvalue weighted by molar-refractivity contribution is 8.15. The van der Waals surface area contributed by atoms with E-state index in [1.165, 1.54) is 28.8 Å². The minimum absolute atomic E-state index is 0.0226. The molecule has 7 nitrogen and oxygen atoms in total. The van der Waals surface area contributed by atoms with Gasteiger partial charge >= 0.3 is 5.97 Å². The van der Waals surface area contributed by atoms with Crippen molar-refractivity contribution in [2.24, 2.45) is 4.99 Å². The van der Waals surface area contributed by atoms with Crippen molar-refractivity contribution in [3.05, 3.63) is 94.8 Å². The lowest BCUT2D eigenvalue weighted by atomic mass is 10.1. The van der Waals surface area contributed by atoms with E-state index in [1.807, 2.05) is 0 Å². The Morgan fingerprint density at radius 3 is 2.50 bits per heavy atom. The number of carbonyl (C=O) groups is 3. The summed E-state index contributed by atoms with van der Waals surface area (Å²) < 4.78 is 18.3. The SMILES string of the molecule is CCOC(=O)c1ccc(N=C2S[C@H](C(=O)Nc3ccccc3Cl)CC(=O)N2CCc2ccc(F)cc2)cc1. The third-order valence-corrected chi connectivity index (χ3v) is 7.22. The number of hydrogen-bond acceptors (Lipinski definition) is 6. The molecule has 1 atom stereocenters. The first kappa shape index (κ1) is 27.3. The summed E-state index contributed by atoms with van der Waals surface area (Å²) in [6.45, 7) is 2.30. The number of amidine groups is 1. The van der Waals surface area contributed by atoms with Crippen LogP contribution in [0.2, 0.25) is 5.02 Å². The molecule has 4 rings (SSSR count). The van der Waals surface area contributed by atoms with E-state index in [0.717, 1.165) is 5.56 Å². The van der Waals surface area contributed by atoms with Crippen LogP contribution < -0.4 is 5.32 Å². The van der Waals surface area contributed by atoms with E-state index in [1.54, 1.807) is 67.6 Å². The van der Waals surface area contributed by atoms with Crippen molar-refractivity contribution in [2.45, 2.75) is 25.0 Å². The maximum absolute atomic E-state index is 13.3. The number of anilines is 1. The summed E-state index contributed by atoms with van der Waals surface area (Å²) in [4.78, 5) is 44.4. The van der Waals surface area contributed by atoms with Gasteiger partial charge in [-0.1, -0.05) is 47.6 Å². The molecule has 0 radical (unpaired) electrons. The van der Waals surface area contributed by atoms with Crippen molar-refractivity contribution in [3.8, 4) is 0 Å². The Labute approximate surface area is 229 Å². The molecule has 0 aromatic heterocycles. The summed E-state index contributed by atoms with van der Waals surface area (Å²) >= 11 is 7.36. The molecule has 0 unspecified atom stereocenters. The van der Waals surface area contributed by atoms with E-state index in [-0.39, 0.29) is 30.7 Å². The van der Waals surface area contributed by atoms with Gasteiger partial charge in [-0.15, -0.1) is 0 Å². The van der Waals surface area contributed by atoms with Gasteiger partial charge in [0, 0.05) is 13.0 Å². The Morgan fingerprint density at radius 1 is 1.11 bits per heavy atom. The molecule has 1 aliphatic heterocycles. The number of nitrogens with zero attached hydrogens (tertiary/aromatic N) is 2. The molecule has 0 bridgehead atoms. The second-order valence-electron chi connectivity index (χ2n) is 8.36. The first-order chi connectivity index (χ1) is 18.3. The van der Waals surface area contributed by atoms with Crippen molar-refractivity contribution in [1.29, 1.82) is 0 Å². The number of aliphatic imine (C=N–C) groups is 1. The molecule has 1 N–H and O–H groups in total. The monoisotopic (exact) mass is 553 g/mol. The molecule has 0 spiro atoms. The lowest BCUT2D eigenvalue weighted by Crippen LogP contribution is -2.46. The lowest BCUT2D eigenvalue weighted by Gasteiger charge is -2.32. The second-order valence-corrected chi connectivity index (χ2v) is 9.94. The van der Waals surface area contributed by atoms with Gasteiger partial charge in [0.05, 0.1) is 28.6 Å². The standard InChI is InChI=1S/C28H25ClFN3O4S/c1-2-37-27(36)19-9-13-21(14-10-19)31-28-33(16-15-18-7-11-20(30)12-8-18)25(34)17-24(38-28)26(35)32-23-6-4-3-5-22(23)29/h3-14,24H,2,15-17H2,1H3,(H,32,35)/t24-/m0/s1. The van der Waals surface area contributed by atoms with Crippen molar-refractivity contribution in [1.82, 2.24) is 4.90 Å². The van der Waals surface area contributed by atoms with E-state index in [4.69, 9.17) is 16.3 Å². The van der Waals surface area contributed by atoms with Crippen molar-refractivity contribution < 1.29 is 23.5 Å². The first-order valence-corrected chi connectivity index (χ1v) is 13.2. The van der Waals surface area contributed by atoms with Gasteiger partial charge in [-0.05, 0) is 67.4 Å². The van der Waals surface area contributed by atoms with Gasteiger partial charge in [-0.2, -0.15) is 0 Å². The molecule has 1 aliphatic rings. The Kier molecular flexibility index (Phi) is 9.15. The van der Waals surface area contributed by atoms with Crippen molar-refractivity contribution in [3.63, 3.8) is 0 Å². The van der Waals surface area contributed by atoms with Gasteiger partial charge in [0.15, 0.2) is 5.17 Å². The fourth-order valence-electron chi connectivity index (χ4n) is 3.73. The molecular weight excluding hydrogens is 529 g/mol. The van der Waals surface area contributed by atoms with Crippen LogP contribution in [0.1, 0.15) is 29.3 Å². The van der Waals surface area contributed by atoms with E-state index in [9.17, 15) is 18.8 Å². The fourth-order valence-corrected chi connectivity index (χ4v) is 5.03. The molecule has 196 valence electrons. The van der Waals surface area contributed by atoms with E-state index in [2.05, 4.69) is 10.3 Å². The van der Waals surface area contributed by atoms with Gasteiger partial charge in [0.2, 0.25) is 11.8 Å². The van der Waals surface area contributed by atoms with Gasteiger partial charge in [0.1, 0.15) is 11.1 Å². The van der Waals surface area contributed by atoms with E-state index in [0.29, 0.717) is 40.1 Å². The highest BCUT2D eigenvalue weighted by atomic mass is 35.5. The molecule has 38 heavy (non-hydrogen) atoms. The molecule has 1 heterocycles. The number of hydrogen-bond donors (Lipinski definition) is 1. The van der Waals surface area contributed by atoms with Crippen LogP contribution in [0.4, 0.5) is 15.8 Å². The molecular formula is C28H25ClFN3O4S. The number of nitrogens with one attached hydrogen (secondary N) is 1. The largest absolute Gasteiger partial charge is 0.462 e. The zero-order valence-electron chi connectivity index (χ0n) is 20.5. The van der Waals surface area contributed by atoms with Gasteiger partial charge in [-0.3, -0.25) is 14.5 Å². The second kappa shape index (κ2) is 12.7. The Balaban J connectivity index is 1.57. The van der Waals surface area contributed by atoms with Crippen LogP contribution in [0, 0.1) is 5.82 Å². The van der Waals surface area contributed by atoms with Crippen LogP contribution in [0.3, 0.4) is 0 Å². The van der Waals surface area contributed by atoms with Crippen LogP contribution in [0.25, 0.3) is 0 Å². The molecule has 3 aromatic carbocycles. The summed E-state index contributed by atoms with van der Waals surface area (Å²) in [5.41, 5.74) is 2.21. The predicted octanol–water partition coefficient (Wildman–Crippen LogP) is 5.86. The van der Waals surface area contributed by atoms with Crippen LogP contribution in [0.5, 0.6) is 0 Å². The number of ether oxygens (including phenoxy) is 1. The summed E-state index contributed by atoms with van der Waals surface area (Å²) in [5.74, 6) is -1.39. The zero-order chi connectivity index (χ0) is 27.1. The number of carbonyl (C=O) groups excluding carboxylic acids is 3. The maximum Gasteiger partial charge on any atom is 0.338 e. The first-order valence-electron chi connectivity index (χ1n) is 12.0. The number of esters is 1. The quantitative estimate of drug-likeness (QED) is 0.353. The number of rotatable bonds is 8. The smallest absolute Gasteiger partial charge is 0.338 e. The minimum Gasteiger partial charge on any atom is -0.462 e.